The monoisotopic (exact) mass is 491 g/mol. The summed E-state index contributed by atoms with van der Waals surface area (Å²) in [5, 5.41) is 5.18. The number of carbonyl (C=O) groups is 4. The molecule has 11 nitrogen and oxygen atoms in total. The molecule has 2 aromatic rings. The molecule has 0 spiro atoms. The third-order valence-corrected chi connectivity index (χ3v) is 6.45. The van der Waals surface area contributed by atoms with Crippen molar-refractivity contribution in [1.29, 1.82) is 0 Å². The summed E-state index contributed by atoms with van der Waals surface area (Å²) in [6.45, 7) is 2.32. The summed E-state index contributed by atoms with van der Waals surface area (Å²) in [5.74, 6) is -2.54. The highest BCUT2D eigenvalue weighted by atomic mass is 32.2. The average molecular weight is 492 g/mol. The summed E-state index contributed by atoms with van der Waals surface area (Å²) < 4.78 is 36.6. The maximum atomic E-state index is 13.2. The van der Waals surface area contributed by atoms with E-state index in [1.165, 1.54) is 6.92 Å². The number of carbonyl (C=O) groups excluding carboxylic acids is 4. The molecule has 0 heterocycles. The van der Waals surface area contributed by atoms with E-state index in [1.807, 2.05) is 0 Å². The van der Waals surface area contributed by atoms with E-state index in [0.717, 1.165) is 36.7 Å². The first-order valence-corrected chi connectivity index (χ1v) is 11.4. The van der Waals surface area contributed by atoms with E-state index in [4.69, 9.17) is 0 Å². The second-order valence-corrected chi connectivity index (χ2v) is 8.91. The standard InChI is InChI=1S/C22H25N3O8S/c1-5-25(13-20(27)24-18-8-6-17(7-9-18)23-14(2)26)34(30,31)19-11-15(21(28)32-3)10-16(12-19)22(29)33-4/h6-12H,5,13H2,1-4H3,(H,23,26)(H,24,27). The van der Waals surface area contributed by atoms with E-state index >= 15 is 0 Å². The predicted octanol–water partition coefficient (Wildman–Crippen LogP) is 1.87. The number of hydrogen-bond acceptors (Lipinski definition) is 8. The highest BCUT2D eigenvalue weighted by Gasteiger charge is 2.28. The molecule has 0 atom stereocenters. The molecule has 0 aromatic heterocycles. The smallest absolute Gasteiger partial charge is 0.337 e. The van der Waals surface area contributed by atoms with Crippen molar-refractivity contribution in [1.82, 2.24) is 4.31 Å². The molecule has 0 bridgehead atoms. The Morgan fingerprint density at radius 2 is 1.32 bits per heavy atom. The van der Waals surface area contributed by atoms with Gasteiger partial charge in [-0.05, 0) is 42.5 Å². The lowest BCUT2D eigenvalue weighted by Gasteiger charge is -2.21. The largest absolute Gasteiger partial charge is 0.465 e. The Bertz CT molecular complexity index is 1160. The molecular weight excluding hydrogens is 466 g/mol. The van der Waals surface area contributed by atoms with Gasteiger partial charge < -0.3 is 20.1 Å². The summed E-state index contributed by atoms with van der Waals surface area (Å²) in [7, 11) is -2.04. The number of rotatable bonds is 9. The summed E-state index contributed by atoms with van der Waals surface area (Å²) in [6, 6.07) is 9.55. The molecule has 0 fully saturated rings. The molecule has 0 aliphatic rings. The zero-order valence-corrected chi connectivity index (χ0v) is 19.9. The fraction of sp³-hybridized carbons (Fsp3) is 0.273. The molecule has 0 saturated carbocycles. The van der Waals surface area contributed by atoms with Crippen LogP contribution in [0.25, 0.3) is 0 Å². The Morgan fingerprint density at radius 3 is 1.74 bits per heavy atom. The van der Waals surface area contributed by atoms with E-state index in [-0.39, 0.29) is 28.5 Å². The van der Waals surface area contributed by atoms with Crippen molar-refractivity contribution in [3.63, 3.8) is 0 Å². The molecule has 2 N–H and O–H groups in total. The minimum Gasteiger partial charge on any atom is -0.465 e. The Balaban J connectivity index is 2.28. The highest BCUT2D eigenvalue weighted by molar-refractivity contribution is 7.89. The van der Waals surface area contributed by atoms with E-state index < -0.39 is 34.4 Å². The first-order valence-electron chi connectivity index (χ1n) is 10.0. The van der Waals surface area contributed by atoms with Crippen molar-refractivity contribution in [2.45, 2.75) is 18.7 Å². The number of amides is 2. The normalized spacial score (nSPS) is 11.0. The minimum atomic E-state index is -4.28. The first kappa shape index (κ1) is 26.5. The van der Waals surface area contributed by atoms with Gasteiger partial charge in [0.1, 0.15) is 0 Å². The second kappa shape index (κ2) is 11.4. The molecule has 0 unspecified atom stereocenters. The van der Waals surface area contributed by atoms with Crippen molar-refractivity contribution in [2.75, 3.05) is 37.9 Å². The SMILES string of the molecule is CCN(CC(=O)Nc1ccc(NC(C)=O)cc1)S(=O)(=O)c1cc(C(=O)OC)cc(C(=O)OC)c1. The third kappa shape index (κ3) is 6.62. The van der Waals surface area contributed by atoms with Crippen LogP contribution in [0.2, 0.25) is 0 Å². The number of likely N-dealkylation sites (N-methyl/N-ethyl adjacent to an activating group) is 1. The van der Waals surface area contributed by atoms with E-state index in [1.54, 1.807) is 31.2 Å². The van der Waals surface area contributed by atoms with Gasteiger partial charge >= 0.3 is 11.9 Å². The van der Waals surface area contributed by atoms with Crippen LogP contribution >= 0.6 is 0 Å². The van der Waals surface area contributed by atoms with Gasteiger partial charge in [0.2, 0.25) is 21.8 Å². The van der Waals surface area contributed by atoms with Crippen LogP contribution in [0.4, 0.5) is 11.4 Å². The molecule has 2 aromatic carbocycles. The molecule has 2 rings (SSSR count). The second-order valence-electron chi connectivity index (χ2n) is 6.97. The van der Waals surface area contributed by atoms with E-state index in [2.05, 4.69) is 20.1 Å². The number of esters is 2. The topological polar surface area (TPSA) is 148 Å². The van der Waals surface area contributed by atoms with Gasteiger partial charge in [0.15, 0.2) is 0 Å². The number of anilines is 2. The fourth-order valence-electron chi connectivity index (χ4n) is 2.94. The maximum Gasteiger partial charge on any atom is 0.337 e. The average Bonchev–Trinajstić information content (AvgIpc) is 2.81. The third-order valence-electron chi connectivity index (χ3n) is 4.55. The van der Waals surface area contributed by atoms with Crippen molar-refractivity contribution >= 4 is 45.2 Å². The molecule has 2 amide bonds. The lowest BCUT2D eigenvalue weighted by Crippen LogP contribution is -2.38. The Hall–Kier alpha value is -3.77. The van der Waals surface area contributed by atoms with E-state index in [0.29, 0.717) is 11.4 Å². The lowest BCUT2D eigenvalue weighted by molar-refractivity contribution is -0.116. The van der Waals surface area contributed by atoms with Crippen molar-refractivity contribution in [3.8, 4) is 0 Å². The number of benzene rings is 2. The molecule has 12 heteroatoms. The summed E-state index contributed by atoms with van der Waals surface area (Å²) in [4.78, 5) is 47.2. The van der Waals surface area contributed by atoms with Gasteiger partial charge in [-0.1, -0.05) is 6.92 Å². The summed E-state index contributed by atoms with van der Waals surface area (Å²) >= 11 is 0. The van der Waals surface area contributed by atoms with Crippen LogP contribution in [0, 0.1) is 0 Å². The molecule has 0 aliphatic carbocycles. The van der Waals surface area contributed by atoms with Gasteiger partial charge in [0.25, 0.3) is 0 Å². The highest BCUT2D eigenvalue weighted by Crippen LogP contribution is 2.21. The fourth-order valence-corrected chi connectivity index (χ4v) is 4.41. The first-order chi connectivity index (χ1) is 16.0. The Kier molecular flexibility index (Phi) is 8.87. The van der Waals surface area contributed by atoms with Crippen molar-refractivity contribution in [3.05, 3.63) is 53.6 Å². The van der Waals surface area contributed by atoms with Gasteiger partial charge in [-0.15, -0.1) is 0 Å². The number of nitrogens with zero attached hydrogens (tertiary/aromatic N) is 1. The Morgan fingerprint density at radius 1 is 0.853 bits per heavy atom. The quantitative estimate of drug-likeness (QED) is 0.505. The summed E-state index contributed by atoms with van der Waals surface area (Å²) in [5.41, 5.74) is 0.607. The van der Waals surface area contributed by atoms with Crippen LogP contribution in [0.5, 0.6) is 0 Å². The van der Waals surface area contributed by atoms with Gasteiger partial charge in [0.05, 0.1) is 36.8 Å². The lowest BCUT2D eigenvalue weighted by atomic mass is 10.1. The van der Waals surface area contributed by atoms with Crippen molar-refractivity contribution < 1.29 is 37.1 Å². The van der Waals surface area contributed by atoms with Gasteiger partial charge in [0, 0.05) is 24.8 Å². The Labute approximate surface area is 197 Å². The van der Waals surface area contributed by atoms with Crippen LogP contribution < -0.4 is 10.6 Å². The number of hydrogen-bond donors (Lipinski definition) is 2. The molecule has 182 valence electrons. The van der Waals surface area contributed by atoms with E-state index in [9.17, 15) is 27.6 Å². The molecule has 0 aliphatic heterocycles. The van der Waals surface area contributed by atoms with Crippen LogP contribution in [0.1, 0.15) is 34.6 Å². The zero-order chi connectivity index (χ0) is 25.5. The van der Waals surface area contributed by atoms with Crippen LogP contribution in [0.3, 0.4) is 0 Å². The van der Waals surface area contributed by atoms with Crippen LogP contribution in [0.15, 0.2) is 47.4 Å². The van der Waals surface area contributed by atoms with Gasteiger partial charge in [-0.3, -0.25) is 9.59 Å². The minimum absolute atomic E-state index is 0.0623. The van der Waals surface area contributed by atoms with Crippen LogP contribution in [-0.4, -0.2) is 63.8 Å². The number of methoxy groups -OCH3 is 2. The molecule has 0 saturated heterocycles. The van der Waals surface area contributed by atoms with Gasteiger partial charge in [-0.2, -0.15) is 4.31 Å². The van der Waals surface area contributed by atoms with Crippen molar-refractivity contribution in [2.24, 2.45) is 0 Å². The van der Waals surface area contributed by atoms with Gasteiger partial charge in [-0.25, -0.2) is 18.0 Å². The van der Waals surface area contributed by atoms with Crippen LogP contribution in [-0.2, 0) is 29.1 Å². The zero-order valence-electron chi connectivity index (χ0n) is 19.1. The maximum absolute atomic E-state index is 13.2. The number of ether oxygens (including phenoxy) is 2. The molecule has 34 heavy (non-hydrogen) atoms. The summed E-state index contributed by atoms with van der Waals surface area (Å²) in [6.07, 6.45) is 0. The molecular formula is C22H25N3O8S. The number of sulfonamides is 1. The predicted molar refractivity (Wildman–Crippen MR) is 123 cm³/mol. The molecule has 0 radical (unpaired) electrons. The number of nitrogens with one attached hydrogen (secondary N) is 2.